The fourth-order valence-corrected chi connectivity index (χ4v) is 3.35. The Morgan fingerprint density at radius 3 is 2.25 bits per heavy atom. The number of nitrogens with two attached hydrogens (primary N) is 1. The lowest BCUT2D eigenvalue weighted by molar-refractivity contribution is 0.209. The van der Waals surface area contributed by atoms with E-state index >= 15 is 0 Å². The summed E-state index contributed by atoms with van der Waals surface area (Å²) >= 11 is 0. The predicted octanol–water partition coefficient (Wildman–Crippen LogP) is 1.76. The van der Waals surface area contributed by atoms with Gasteiger partial charge in [0, 0.05) is 7.11 Å². The van der Waals surface area contributed by atoms with Gasteiger partial charge in [0.25, 0.3) is 0 Å². The number of rotatable bonds is 10. The second-order valence-electron chi connectivity index (χ2n) is 4.62. The molecule has 0 aliphatic heterocycles. The Bertz CT molecular complexity index is 170. The maximum Gasteiger partial charge on any atom is 0.335 e. The molecule has 98 valence electrons. The third-order valence-corrected chi connectivity index (χ3v) is 5.71. The van der Waals surface area contributed by atoms with Crippen molar-refractivity contribution >= 4 is 8.56 Å². The lowest BCUT2D eigenvalue weighted by Crippen LogP contribution is -2.39. The third-order valence-electron chi connectivity index (χ3n) is 2.81. The van der Waals surface area contributed by atoms with Crippen LogP contribution in [0.3, 0.4) is 0 Å². The highest BCUT2D eigenvalue weighted by molar-refractivity contribution is 6.65. The van der Waals surface area contributed by atoms with E-state index in [9.17, 15) is 0 Å². The Morgan fingerprint density at radius 2 is 1.75 bits per heavy atom. The molecule has 1 atom stereocenters. The van der Waals surface area contributed by atoms with Gasteiger partial charge in [-0.05, 0) is 39.7 Å². The van der Waals surface area contributed by atoms with Crippen LogP contribution in [0, 0.1) is 0 Å². The van der Waals surface area contributed by atoms with Crippen molar-refractivity contribution in [1.29, 1.82) is 0 Å². The summed E-state index contributed by atoms with van der Waals surface area (Å²) in [4.78, 5) is 2.23. The van der Waals surface area contributed by atoms with Gasteiger partial charge in [-0.15, -0.1) is 0 Å². The van der Waals surface area contributed by atoms with E-state index in [1.807, 2.05) is 0 Å². The van der Waals surface area contributed by atoms with E-state index in [1.165, 1.54) is 32.2 Å². The van der Waals surface area contributed by atoms with Crippen molar-refractivity contribution in [2.75, 3.05) is 34.5 Å². The van der Waals surface area contributed by atoms with Crippen LogP contribution in [-0.4, -0.2) is 47.9 Å². The number of unbranched alkanes of at least 4 members (excludes halogenated alkanes) is 3. The summed E-state index contributed by atoms with van der Waals surface area (Å²) in [6.45, 7) is 3.54. The zero-order valence-corrected chi connectivity index (χ0v) is 12.3. The molecule has 0 aliphatic carbocycles. The van der Waals surface area contributed by atoms with Crippen LogP contribution < -0.4 is 5.73 Å². The minimum atomic E-state index is -1.94. The van der Waals surface area contributed by atoms with Gasteiger partial charge in [0.05, 0.1) is 6.73 Å². The molecular weight excluding hydrogens is 220 g/mol. The number of hydrogen-bond donors (Lipinski definition) is 1. The topological polar surface area (TPSA) is 47.7 Å². The fourth-order valence-electron chi connectivity index (χ4n) is 1.64. The molecule has 16 heavy (non-hydrogen) atoms. The van der Waals surface area contributed by atoms with Crippen molar-refractivity contribution in [2.24, 2.45) is 5.73 Å². The second kappa shape index (κ2) is 9.12. The van der Waals surface area contributed by atoms with Gasteiger partial charge in [-0.25, -0.2) is 0 Å². The van der Waals surface area contributed by atoms with Gasteiger partial charge >= 0.3 is 8.56 Å². The summed E-state index contributed by atoms with van der Waals surface area (Å²) < 4.78 is 11.0. The van der Waals surface area contributed by atoms with Crippen LogP contribution in [0.2, 0.25) is 12.6 Å². The molecule has 0 fully saturated rings. The first-order chi connectivity index (χ1) is 7.54. The first-order valence-corrected chi connectivity index (χ1v) is 8.60. The first-order valence-electron chi connectivity index (χ1n) is 6.08. The maximum absolute atomic E-state index is 5.51. The van der Waals surface area contributed by atoms with Gasteiger partial charge < -0.3 is 19.5 Å². The highest BCUT2D eigenvalue weighted by Crippen LogP contribution is 2.16. The molecule has 1 unspecified atom stereocenters. The molecule has 0 saturated heterocycles. The number of nitrogens with zero attached hydrogens (tertiary/aromatic N) is 1. The molecule has 4 nitrogen and oxygen atoms in total. The lowest BCUT2D eigenvalue weighted by atomic mass is 10.2. The summed E-state index contributed by atoms with van der Waals surface area (Å²) in [5.41, 5.74) is 5.40. The molecule has 0 aromatic heterocycles. The first kappa shape index (κ1) is 16.1. The second-order valence-corrected chi connectivity index (χ2v) is 8.08. The molecule has 0 aromatic carbocycles. The maximum atomic E-state index is 5.51. The van der Waals surface area contributed by atoms with Gasteiger partial charge in [-0.2, -0.15) is 0 Å². The Labute approximate surface area is 101 Å². The van der Waals surface area contributed by atoms with Crippen LogP contribution in [-0.2, 0) is 8.85 Å². The van der Waals surface area contributed by atoms with Crippen molar-refractivity contribution in [1.82, 2.24) is 4.90 Å². The van der Waals surface area contributed by atoms with Gasteiger partial charge in [-0.1, -0.05) is 19.3 Å². The monoisotopic (exact) mass is 248 g/mol. The molecule has 0 spiro atoms. The van der Waals surface area contributed by atoms with E-state index in [2.05, 4.69) is 25.5 Å². The van der Waals surface area contributed by atoms with Gasteiger partial charge in [0.2, 0.25) is 0 Å². The molecule has 0 amide bonds. The summed E-state index contributed by atoms with van der Waals surface area (Å²) in [6, 6.07) is 1.04. The minimum Gasteiger partial charge on any atom is -0.398 e. The highest BCUT2D eigenvalue weighted by Gasteiger charge is 2.28. The average Bonchev–Trinajstić information content (AvgIpc) is 2.23. The van der Waals surface area contributed by atoms with Crippen molar-refractivity contribution < 1.29 is 8.85 Å². The predicted molar refractivity (Wildman–Crippen MR) is 70.6 cm³/mol. The molecule has 0 heterocycles. The average molecular weight is 248 g/mol. The van der Waals surface area contributed by atoms with Gasteiger partial charge in [-0.3, -0.25) is 0 Å². The third kappa shape index (κ3) is 8.24. The van der Waals surface area contributed by atoms with Crippen LogP contribution >= 0.6 is 0 Å². The van der Waals surface area contributed by atoms with Crippen molar-refractivity contribution in [3.63, 3.8) is 0 Å². The molecule has 2 N–H and O–H groups in total. The zero-order valence-electron chi connectivity index (χ0n) is 11.3. The molecule has 5 heteroatoms. The molecule has 0 rings (SSSR count). The van der Waals surface area contributed by atoms with E-state index in [4.69, 9.17) is 14.6 Å². The fraction of sp³-hybridized carbons (Fsp3) is 1.00. The van der Waals surface area contributed by atoms with Crippen molar-refractivity contribution in [3.05, 3.63) is 0 Å². The SMILES string of the molecule is CO[Si](C)(CCCCCCN(C)C)OCN. The zero-order chi connectivity index (χ0) is 12.4. The Morgan fingerprint density at radius 1 is 1.12 bits per heavy atom. The van der Waals surface area contributed by atoms with Crippen molar-refractivity contribution in [3.8, 4) is 0 Å². The van der Waals surface area contributed by atoms with Crippen LogP contribution in [0.1, 0.15) is 25.7 Å². The lowest BCUT2D eigenvalue weighted by Gasteiger charge is -2.24. The Kier molecular flexibility index (Phi) is 9.16. The minimum absolute atomic E-state index is 0.275. The van der Waals surface area contributed by atoms with E-state index in [0.29, 0.717) is 0 Å². The molecule has 0 radical (unpaired) electrons. The van der Waals surface area contributed by atoms with Crippen LogP contribution in [0.4, 0.5) is 0 Å². The highest BCUT2D eigenvalue weighted by atomic mass is 28.4. The van der Waals surface area contributed by atoms with Gasteiger partial charge in [0.15, 0.2) is 0 Å². The van der Waals surface area contributed by atoms with Crippen LogP contribution in [0.25, 0.3) is 0 Å². The Hall–Kier alpha value is 0.0569. The quantitative estimate of drug-likeness (QED) is 0.363. The molecule has 0 aliphatic rings. The molecule has 0 saturated carbocycles. The normalized spacial score (nSPS) is 15.4. The smallest absolute Gasteiger partial charge is 0.335 e. The van der Waals surface area contributed by atoms with E-state index in [-0.39, 0.29) is 6.73 Å². The van der Waals surface area contributed by atoms with Crippen molar-refractivity contribution in [2.45, 2.75) is 38.3 Å². The van der Waals surface area contributed by atoms with E-state index in [1.54, 1.807) is 7.11 Å². The summed E-state index contributed by atoms with van der Waals surface area (Å²) in [5, 5.41) is 0. The van der Waals surface area contributed by atoms with Crippen LogP contribution in [0.5, 0.6) is 0 Å². The largest absolute Gasteiger partial charge is 0.398 e. The van der Waals surface area contributed by atoms with Gasteiger partial charge in [0.1, 0.15) is 0 Å². The summed E-state index contributed by atoms with van der Waals surface area (Å²) in [5.74, 6) is 0. The number of hydrogen-bond acceptors (Lipinski definition) is 4. The summed E-state index contributed by atoms with van der Waals surface area (Å²) in [7, 11) is 4.02. The standard InChI is InChI=1S/C11H28N2O2Si/c1-13(2)9-7-5-6-8-10-16(4,14-3)15-11-12/h5-12H2,1-4H3. The molecular formula is C11H28N2O2Si. The Balaban J connectivity index is 3.48. The van der Waals surface area contributed by atoms with Crippen LogP contribution in [0.15, 0.2) is 0 Å². The summed E-state index contributed by atoms with van der Waals surface area (Å²) in [6.07, 6.45) is 5.00. The van der Waals surface area contributed by atoms with E-state index in [0.717, 1.165) is 6.04 Å². The molecule has 0 bridgehead atoms. The molecule has 0 aromatic rings. The van der Waals surface area contributed by atoms with E-state index < -0.39 is 8.56 Å².